The number of halogens is 3. The molecule has 0 aliphatic rings. The van der Waals surface area contributed by atoms with E-state index in [1.54, 1.807) is 30.3 Å². The maximum atomic E-state index is 12.2. The number of nitrogens with zero attached hydrogens (tertiary/aromatic N) is 2. The largest absolute Gasteiger partial charge is 0.476 e. The second kappa shape index (κ2) is 8.39. The Bertz CT molecular complexity index is 1330. The third-order valence-corrected chi connectivity index (χ3v) is 5.94. The minimum atomic E-state index is -1.14. The number of hydrogen-bond acceptors (Lipinski definition) is 2. The van der Waals surface area contributed by atoms with Gasteiger partial charge in [-0.15, -0.1) is 0 Å². The van der Waals surface area contributed by atoms with Crippen LogP contribution < -0.4 is 0 Å². The summed E-state index contributed by atoms with van der Waals surface area (Å²) in [5.74, 6) is -0.652. The van der Waals surface area contributed by atoms with E-state index in [1.807, 2.05) is 48.7 Å². The summed E-state index contributed by atoms with van der Waals surface area (Å²) in [7, 11) is 0. The van der Waals surface area contributed by atoms with Crippen LogP contribution in [0, 0.1) is 13.8 Å². The summed E-state index contributed by atoms with van der Waals surface area (Å²) in [5, 5.41) is 11.2. The second-order valence-electron chi connectivity index (χ2n) is 7.20. The normalized spacial score (nSPS) is 11.0. The predicted octanol–water partition coefficient (Wildman–Crippen LogP) is 7.48. The van der Waals surface area contributed by atoms with E-state index in [4.69, 9.17) is 34.8 Å². The standard InChI is InChI=1S/C24H17Cl3N2O2/c1-13-4-3-5-16(10-13)23-28-21(24(30)31)22(15-7-9-18(26)19(27)11-15)29(23)20-12-17(25)8-6-14(20)2/h3-12H,1-2H3,(H,30,31). The third-order valence-electron chi connectivity index (χ3n) is 4.96. The monoisotopic (exact) mass is 470 g/mol. The maximum Gasteiger partial charge on any atom is 0.356 e. The summed E-state index contributed by atoms with van der Waals surface area (Å²) in [4.78, 5) is 16.8. The summed E-state index contributed by atoms with van der Waals surface area (Å²) < 4.78 is 1.82. The molecule has 0 aliphatic heterocycles. The Kier molecular flexibility index (Phi) is 5.80. The lowest BCUT2D eigenvalue weighted by atomic mass is 10.1. The third kappa shape index (κ3) is 4.07. The summed E-state index contributed by atoms with van der Waals surface area (Å²) in [6, 6.07) is 18.2. The van der Waals surface area contributed by atoms with Crippen molar-refractivity contribution in [3.8, 4) is 28.3 Å². The van der Waals surface area contributed by atoms with Crippen molar-refractivity contribution >= 4 is 40.8 Å². The molecule has 7 heteroatoms. The molecule has 1 heterocycles. The van der Waals surface area contributed by atoms with E-state index in [2.05, 4.69) is 4.98 Å². The maximum absolute atomic E-state index is 12.2. The summed E-state index contributed by atoms with van der Waals surface area (Å²) in [5.41, 5.74) is 4.34. The van der Waals surface area contributed by atoms with E-state index in [9.17, 15) is 9.90 Å². The van der Waals surface area contributed by atoms with Gasteiger partial charge >= 0.3 is 5.97 Å². The van der Waals surface area contributed by atoms with Crippen LogP contribution in [0.15, 0.2) is 60.7 Å². The Balaban J connectivity index is 2.15. The van der Waals surface area contributed by atoms with E-state index in [-0.39, 0.29) is 5.69 Å². The smallest absolute Gasteiger partial charge is 0.356 e. The first-order valence-electron chi connectivity index (χ1n) is 9.41. The van der Waals surface area contributed by atoms with Gasteiger partial charge in [0.1, 0.15) is 5.82 Å². The number of carbonyl (C=O) groups is 1. The molecule has 0 unspecified atom stereocenters. The highest BCUT2D eigenvalue weighted by molar-refractivity contribution is 6.42. The highest BCUT2D eigenvalue weighted by Crippen LogP contribution is 2.37. The van der Waals surface area contributed by atoms with Crippen LogP contribution in [0.25, 0.3) is 28.3 Å². The highest BCUT2D eigenvalue weighted by atomic mass is 35.5. The van der Waals surface area contributed by atoms with E-state index in [0.29, 0.717) is 32.1 Å². The summed E-state index contributed by atoms with van der Waals surface area (Å²) in [6.45, 7) is 3.91. The molecule has 0 saturated carbocycles. The lowest BCUT2D eigenvalue weighted by molar-refractivity contribution is 0.0692. The van der Waals surface area contributed by atoms with E-state index in [0.717, 1.165) is 22.4 Å². The first kappa shape index (κ1) is 21.4. The lowest BCUT2D eigenvalue weighted by Crippen LogP contribution is -2.05. The number of aromatic carboxylic acids is 1. The van der Waals surface area contributed by atoms with Crippen LogP contribution >= 0.6 is 34.8 Å². The van der Waals surface area contributed by atoms with Crippen molar-refractivity contribution < 1.29 is 9.90 Å². The fourth-order valence-electron chi connectivity index (χ4n) is 3.51. The van der Waals surface area contributed by atoms with Gasteiger partial charge in [-0.05, 0) is 49.7 Å². The quantitative estimate of drug-likeness (QED) is 0.335. The van der Waals surface area contributed by atoms with Crippen LogP contribution in [0.1, 0.15) is 21.6 Å². The first-order valence-corrected chi connectivity index (χ1v) is 10.5. The molecule has 4 nitrogen and oxygen atoms in total. The molecular weight excluding hydrogens is 455 g/mol. The molecule has 1 aromatic heterocycles. The van der Waals surface area contributed by atoms with E-state index in [1.165, 1.54) is 0 Å². The molecule has 0 amide bonds. The Morgan fingerprint density at radius 1 is 0.903 bits per heavy atom. The van der Waals surface area contributed by atoms with Crippen molar-refractivity contribution in [3.63, 3.8) is 0 Å². The Morgan fingerprint density at radius 2 is 1.68 bits per heavy atom. The number of imidazole rings is 1. The number of carboxylic acid groups (broad SMARTS) is 1. The zero-order valence-corrected chi connectivity index (χ0v) is 18.9. The highest BCUT2D eigenvalue weighted by Gasteiger charge is 2.26. The molecule has 156 valence electrons. The first-order chi connectivity index (χ1) is 14.8. The molecule has 31 heavy (non-hydrogen) atoms. The molecule has 4 aromatic rings. The van der Waals surface area contributed by atoms with Gasteiger partial charge in [0.2, 0.25) is 0 Å². The minimum Gasteiger partial charge on any atom is -0.476 e. The van der Waals surface area contributed by atoms with Crippen molar-refractivity contribution in [2.24, 2.45) is 0 Å². The Hall–Kier alpha value is -2.79. The van der Waals surface area contributed by atoms with Crippen molar-refractivity contribution in [1.82, 2.24) is 9.55 Å². The summed E-state index contributed by atoms with van der Waals surface area (Å²) in [6.07, 6.45) is 0. The number of rotatable bonds is 4. The van der Waals surface area contributed by atoms with Gasteiger partial charge in [-0.3, -0.25) is 4.57 Å². The molecule has 3 aromatic carbocycles. The predicted molar refractivity (Wildman–Crippen MR) is 126 cm³/mol. The van der Waals surface area contributed by atoms with Gasteiger partial charge in [0, 0.05) is 16.1 Å². The van der Waals surface area contributed by atoms with Crippen molar-refractivity contribution in [2.45, 2.75) is 13.8 Å². The topological polar surface area (TPSA) is 55.1 Å². The SMILES string of the molecule is Cc1cccc(-c2nc(C(=O)O)c(-c3ccc(Cl)c(Cl)c3)n2-c2cc(Cl)ccc2C)c1. The molecule has 4 rings (SSSR count). The molecule has 0 saturated heterocycles. The average molecular weight is 472 g/mol. The molecule has 0 bridgehead atoms. The molecule has 0 aliphatic carbocycles. The van der Waals surface area contributed by atoms with Crippen molar-refractivity contribution in [3.05, 3.63) is 92.6 Å². The molecule has 0 fully saturated rings. The molecule has 0 radical (unpaired) electrons. The number of hydrogen-bond donors (Lipinski definition) is 1. The van der Waals surface area contributed by atoms with Gasteiger partial charge in [0.25, 0.3) is 0 Å². The van der Waals surface area contributed by atoms with Crippen LogP contribution in [0.2, 0.25) is 15.1 Å². The van der Waals surface area contributed by atoms with Gasteiger partial charge in [0.05, 0.1) is 21.4 Å². The molecule has 0 atom stereocenters. The zero-order chi connectivity index (χ0) is 22.3. The zero-order valence-electron chi connectivity index (χ0n) is 16.7. The van der Waals surface area contributed by atoms with Gasteiger partial charge in [-0.2, -0.15) is 0 Å². The summed E-state index contributed by atoms with van der Waals surface area (Å²) >= 11 is 18.7. The fourth-order valence-corrected chi connectivity index (χ4v) is 3.98. The van der Waals surface area contributed by atoms with E-state index < -0.39 is 5.97 Å². The Labute approximate surface area is 194 Å². The number of benzene rings is 3. The molecule has 1 N–H and O–H groups in total. The van der Waals surface area contributed by atoms with Crippen molar-refractivity contribution in [2.75, 3.05) is 0 Å². The second-order valence-corrected chi connectivity index (χ2v) is 8.45. The van der Waals surface area contributed by atoms with Crippen LogP contribution in [-0.4, -0.2) is 20.6 Å². The molecular formula is C24H17Cl3N2O2. The van der Waals surface area contributed by atoms with E-state index >= 15 is 0 Å². The Morgan fingerprint density at radius 3 is 2.35 bits per heavy atom. The van der Waals surface area contributed by atoms with Gasteiger partial charge in [-0.1, -0.05) is 70.7 Å². The number of carboxylic acids is 1. The van der Waals surface area contributed by atoms with Crippen LogP contribution in [0.4, 0.5) is 0 Å². The van der Waals surface area contributed by atoms with Crippen molar-refractivity contribution in [1.29, 1.82) is 0 Å². The van der Waals surface area contributed by atoms with Gasteiger partial charge in [0.15, 0.2) is 5.69 Å². The lowest BCUT2D eigenvalue weighted by Gasteiger charge is -2.16. The van der Waals surface area contributed by atoms with Crippen LogP contribution in [0.5, 0.6) is 0 Å². The fraction of sp³-hybridized carbons (Fsp3) is 0.0833. The van der Waals surface area contributed by atoms with Crippen LogP contribution in [0.3, 0.4) is 0 Å². The molecule has 0 spiro atoms. The average Bonchev–Trinajstić information content (AvgIpc) is 3.12. The van der Waals surface area contributed by atoms with Crippen LogP contribution in [-0.2, 0) is 0 Å². The van der Waals surface area contributed by atoms with Gasteiger partial charge < -0.3 is 5.11 Å². The minimum absolute atomic E-state index is 0.0886. The van der Waals surface area contributed by atoms with Gasteiger partial charge in [-0.25, -0.2) is 9.78 Å². The number of aryl methyl sites for hydroxylation is 2. The number of aromatic nitrogens is 2.